The predicted octanol–water partition coefficient (Wildman–Crippen LogP) is 4.23. The van der Waals surface area contributed by atoms with Gasteiger partial charge in [-0.15, -0.1) is 10.2 Å². The van der Waals surface area contributed by atoms with Gasteiger partial charge in [0.25, 0.3) is 20.2 Å². The van der Waals surface area contributed by atoms with Crippen molar-refractivity contribution in [2.24, 2.45) is 20.5 Å². The van der Waals surface area contributed by atoms with E-state index in [1.807, 2.05) is 12.1 Å². The summed E-state index contributed by atoms with van der Waals surface area (Å²) in [5.74, 6) is -1.73. The molecule has 74 heavy (non-hydrogen) atoms. The van der Waals surface area contributed by atoms with Gasteiger partial charge in [-0.05, 0) is 38.1 Å². The maximum absolute atomic E-state index is 12.9. The monoisotopic (exact) mass is 1150 g/mol. The third-order valence-corrected chi connectivity index (χ3v) is 14.8. The van der Waals surface area contributed by atoms with E-state index < -0.39 is 106 Å². The molecule has 0 bridgehead atoms. The molecule has 2 heterocycles. The maximum atomic E-state index is 12.9. The lowest BCUT2D eigenvalue weighted by Crippen LogP contribution is -2.17. The fourth-order valence-corrected chi connectivity index (χ4v) is 9.21. The molecule has 0 spiro atoms. The summed E-state index contributed by atoms with van der Waals surface area (Å²) < 4.78 is 191. The summed E-state index contributed by atoms with van der Waals surface area (Å²) in [6.07, 6.45) is 0. The van der Waals surface area contributed by atoms with Gasteiger partial charge in [0.05, 0.1) is 47.2 Å². The van der Waals surface area contributed by atoms with Gasteiger partial charge in [-0.1, -0.05) is 25.3 Å². The molecule has 398 valence electrons. The molecule has 30 nitrogen and oxygen atoms in total. The minimum atomic E-state index is -5.30. The van der Waals surface area contributed by atoms with Crippen molar-refractivity contribution in [1.82, 2.24) is 9.97 Å². The van der Waals surface area contributed by atoms with E-state index in [0.29, 0.717) is 5.41 Å². The second-order valence-corrected chi connectivity index (χ2v) is 23.6. The lowest BCUT2D eigenvalue weighted by Gasteiger charge is -2.16. The first-order valence-electron chi connectivity index (χ1n) is 20.2. The number of hydrogen-bond acceptors (Lipinski definition) is 26. The molecular formula is C38H42N12O18S6. The lowest BCUT2D eigenvalue weighted by atomic mass is 10.0. The number of aromatic nitrogens is 2. The fraction of sp³-hybridized carbons (Fsp3) is 0.263. The minimum Gasteiger partial charge on any atom is -0.368 e. The van der Waals surface area contributed by atoms with E-state index in [1.165, 1.54) is 13.8 Å². The molecule has 0 radical (unpaired) electrons. The molecular weight excluding hydrogens is 1100 g/mol. The Hall–Kier alpha value is -6.94. The Morgan fingerprint density at radius 1 is 0.554 bits per heavy atom. The van der Waals surface area contributed by atoms with Crippen molar-refractivity contribution in [2.75, 3.05) is 72.2 Å². The second-order valence-electron chi connectivity index (χ2n) is 14.5. The first-order valence-corrected chi connectivity index (χ1v) is 29.2. The summed E-state index contributed by atoms with van der Waals surface area (Å²) >= 11 is 0. The second kappa shape index (κ2) is 24.4. The summed E-state index contributed by atoms with van der Waals surface area (Å²) in [4.78, 5) is 6.54. The average molecular weight is 1150 g/mol. The number of pyridine rings is 2. The van der Waals surface area contributed by atoms with E-state index in [2.05, 4.69) is 73.2 Å². The van der Waals surface area contributed by atoms with E-state index in [9.17, 15) is 70.1 Å². The molecule has 8 N–H and O–H groups in total. The fourth-order valence-electron chi connectivity index (χ4n) is 6.07. The Labute approximate surface area is 424 Å². The van der Waals surface area contributed by atoms with Crippen LogP contribution in [0.5, 0.6) is 0 Å². The smallest absolute Gasteiger partial charge is 0.368 e. The number of rotatable bonds is 27. The third kappa shape index (κ3) is 17.1. The number of nitriles is 2. The van der Waals surface area contributed by atoms with Crippen LogP contribution in [0.4, 0.5) is 46.0 Å². The van der Waals surface area contributed by atoms with Crippen molar-refractivity contribution in [3.05, 3.63) is 82.6 Å². The van der Waals surface area contributed by atoms with Crippen molar-refractivity contribution in [3.63, 3.8) is 0 Å². The van der Waals surface area contributed by atoms with Gasteiger partial charge in [-0.25, -0.2) is 35.2 Å². The summed E-state index contributed by atoms with van der Waals surface area (Å²) in [6.45, 7) is 6.65. The van der Waals surface area contributed by atoms with Crippen molar-refractivity contribution in [2.45, 2.75) is 23.6 Å². The van der Waals surface area contributed by atoms with Crippen molar-refractivity contribution in [1.29, 1.82) is 10.5 Å². The maximum Gasteiger partial charge on any atom is 0.397 e. The van der Waals surface area contributed by atoms with Crippen LogP contribution < -0.4 is 21.3 Å². The van der Waals surface area contributed by atoms with E-state index in [4.69, 9.17) is 9.11 Å². The van der Waals surface area contributed by atoms with E-state index >= 15 is 0 Å². The van der Waals surface area contributed by atoms with Crippen LogP contribution in [-0.4, -0.2) is 130 Å². The standard InChI is InChI=1S/C38H42N12O18S6/c1-5-69(51,52)17-13-43-36-30(22-40)24(4)33(37(46-36)42-12-16-68-74(64,65)66)49-47-25-7-9-27(31(19-25)71(55,56)57)28-10-8-26(20-32(28)72(58,59)60)48-50-34-23(3)29(21-39)35(41-11-15-67-73(61,62)63)45-38(34)44-14-18-70(53,54)6-2/h5-10,19-20H,1-2,11-18H2,3-4H3,(H2,41,44,45)(H2,42,43,46)(H,55,56,57)(H,58,59,60)(H,61,62,63)(H,64,65,66). The van der Waals surface area contributed by atoms with Crippen LogP contribution in [0.2, 0.25) is 0 Å². The van der Waals surface area contributed by atoms with Gasteiger partial charge >= 0.3 is 20.8 Å². The van der Waals surface area contributed by atoms with E-state index in [0.717, 1.165) is 41.8 Å². The van der Waals surface area contributed by atoms with Gasteiger partial charge < -0.3 is 21.3 Å². The molecule has 0 unspecified atom stereocenters. The Kier molecular flexibility index (Phi) is 19.7. The van der Waals surface area contributed by atoms with E-state index in [1.54, 1.807) is 0 Å². The molecule has 0 saturated heterocycles. The molecule has 2 aromatic carbocycles. The Bertz CT molecular complexity index is 3710. The van der Waals surface area contributed by atoms with Crippen LogP contribution in [0, 0.1) is 36.5 Å². The number of hydrogen-bond donors (Lipinski definition) is 8. The molecule has 0 atom stereocenters. The summed E-state index contributed by atoms with van der Waals surface area (Å²) in [5, 5.41) is 48.4. The molecule has 0 aliphatic rings. The molecule has 2 aromatic heterocycles. The molecule has 4 aromatic rings. The van der Waals surface area contributed by atoms with Gasteiger partial charge in [-0.2, -0.15) is 54.4 Å². The molecule has 4 rings (SSSR count). The largest absolute Gasteiger partial charge is 0.397 e. The summed E-state index contributed by atoms with van der Waals surface area (Å²) in [5.41, 5.74) is -2.42. The lowest BCUT2D eigenvalue weighted by molar-refractivity contribution is 0.277. The average Bonchev–Trinajstić information content (AvgIpc) is 3.30. The van der Waals surface area contributed by atoms with Gasteiger partial charge in [0, 0.05) is 59.2 Å². The van der Waals surface area contributed by atoms with E-state index in [-0.39, 0.29) is 94.5 Å². The van der Waals surface area contributed by atoms with Crippen molar-refractivity contribution in [3.8, 4) is 23.3 Å². The number of anilines is 4. The normalized spacial score (nSPS) is 12.5. The number of nitrogens with one attached hydrogen (secondary N) is 4. The van der Waals surface area contributed by atoms with Crippen LogP contribution in [0.15, 0.2) is 90.6 Å². The number of nitrogens with zero attached hydrogens (tertiary/aromatic N) is 8. The van der Waals surface area contributed by atoms with Gasteiger partial charge in [0.1, 0.15) is 44.9 Å². The Morgan fingerprint density at radius 2 is 0.892 bits per heavy atom. The zero-order chi connectivity index (χ0) is 55.5. The number of benzene rings is 2. The highest BCUT2D eigenvalue weighted by Crippen LogP contribution is 2.40. The van der Waals surface area contributed by atoms with Crippen LogP contribution in [0.3, 0.4) is 0 Å². The van der Waals surface area contributed by atoms with Crippen molar-refractivity contribution < 1.29 is 77.1 Å². The van der Waals surface area contributed by atoms with Gasteiger partial charge in [0.2, 0.25) is 0 Å². The number of sulfone groups is 2. The molecule has 0 saturated carbocycles. The highest BCUT2D eigenvalue weighted by Gasteiger charge is 2.26. The zero-order valence-corrected chi connectivity index (χ0v) is 43.1. The minimum absolute atomic E-state index is 0.0401. The molecule has 0 fully saturated rings. The highest BCUT2D eigenvalue weighted by atomic mass is 32.3. The van der Waals surface area contributed by atoms with Gasteiger partial charge in [-0.3, -0.25) is 18.2 Å². The summed E-state index contributed by atoms with van der Waals surface area (Å²) in [6, 6.07) is 9.45. The summed E-state index contributed by atoms with van der Waals surface area (Å²) in [7, 11) is -27.8. The first-order chi connectivity index (χ1) is 34.3. The highest BCUT2D eigenvalue weighted by molar-refractivity contribution is 7.94. The third-order valence-electron chi connectivity index (χ3n) is 9.48. The first kappa shape index (κ1) is 59.6. The van der Waals surface area contributed by atoms with Crippen LogP contribution >= 0.6 is 0 Å². The molecule has 0 aliphatic carbocycles. The topological polar surface area (TPSA) is 475 Å². The van der Waals surface area contributed by atoms with Gasteiger partial charge in [0.15, 0.2) is 31.3 Å². The predicted molar refractivity (Wildman–Crippen MR) is 264 cm³/mol. The van der Waals surface area contributed by atoms with Crippen molar-refractivity contribution >= 4 is 107 Å². The SMILES string of the molecule is C=CS(=O)(=O)CCNc1nc(NCCOS(=O)(=O)O)c(N=Nc2ccc(-c3ccc(N=Nc4c(NCCS(=O)(=O)C=C)nc(NCCOS(=O)(=O)O)c(C#N)c4C)cc3S(=O)(=O)O)c(S(=O)(=O)O)c2)c(C)c1C#N. The molecule has 0 aliphatic heterocycles. The van der Waals surface area contributed by atoms with Crippen LogP contribution in [0.25, 0.3) is 11.1 Å². The zero-order valence-electron chi connectivity index (χ0n) is 38.2. The molecule has 0 amide bonds. The quantitative estimate of drug-likeness (QED) is 0.0235. The Balaban J connectivity index is 1.82. The molecule has 36 heteroatoms. The Morgan fingerprint density at radius 3 is 1.22 bits per heavy atom. The van der Waals surface area contributed by atoms with Crippen LogP contribution in [0.1, 0.15) is 22.3 Å². The van der Waals surface area contributed by atoms with Crippen LogP contribution in [-0.2, 0) is 69.1 Å². The number of azo groups is 2.